The number of nitrogens with zero attached hydrogens (tertiary/aromatic N) is 2. The lowest BCUT2D eigenvalue weighted by Crippen LogP contribution is -2.68. The van der Waals surface area contributed by atoms with Crippen LogP contribution in [0.1, 0.15) is 28.8 Å². The minimum Gasteiger partial charge on any atom is -0.322 e. The number of likely N-dealkylation sites (N-methyl/N-ethyl adjacent to an activating group) is 1. The first-order valence-electron chi connectivity index (χ1n) is 8.64. The molecule has 0 spiro atoms. The monoisotopic (exact) mass is 427 g/mol. The molecule has 0 radical (unpaired) electrons. The number of benzene rings is 2. The first-order chi connectivity index (χ1) is 12.9. The van der Waals surface area contributed by atoms with Gasteiger partial charge in [-0.25, -0.2) is 0 Å². The molecule has 2 aliphatic rings. The van der Waals surface area contributed by atoms with Gasteiger partial charge in [-0.1, -0.05) is 28.1 Å². The van der Waals surface area contributed by atoms with Crippen molar-refractivity contribution in [1.29, 1.82) is 0 Å². The van der Waals surface area contributed by atoms with E-state index in [2.05, 4.69) is 21.2 Å². The van der Waals surface area contributed by atoms with E-state index in [9.17, 15) is 14.4 Å². The van der Waals surface area contributed by atoms with Gasteiger partial charge in [0, 0.05) is 30.0 Å². The summed E-state index contributed by atoms with van der Waals surface area (Å²) in [7, 11) is 1.58. The highest BCUT2D eigenvalue weighted by Crippen LogP contribution is 2.44. The number of carbonyl (C=O) groups excluding carboxylic acids is 3. The van der Waals surface area contributed by atoms with Crippen molar-refractivity contribution in [2.45, 2.75) is 25.4 Å². The zero-order valence-electron chi connectivity index (χ0n) is 15.0. The van der Waals surface area contributed by atoms with Crippen LogP contribution in [0.3, 0.4) is 0 Å². The summed E-state index contributed by atoms with van der Waals surface area (Å²) >= 11 is 3.44. The predicted molar refractivity (Wildman–Crippen MR) is 105 cm³/mol. The molecule has 2 heterocycles. The molecule has 2 aromatic rings. The highest BCUT2D eigenvalue weighted by atomic mass is 79.9. The van der Waals surface area contributed by atoms with Gasteiger partial charge in [-0.15, -0.1) is 0 Å². The number of amides is 3. The molecule has 27 heavy (non-hydrogen) atoms. The fraction of sp³-hybridized carbons (Fsp3) is 0.250. The highest BCUT2D eigenvalue weighted by molar-refractivity contribution is 9.10. The van der Waals surface area contributed by atoms with Crippen LogP contribution in [0.4, 0.5) is 11.4 Å². The van der Waals surface area contributed by atoms with Crippen molar-refractivity contribution in [3.05, 3.63) is 58.1 Å². The van der Waals surface area contributed by atoms with Gasteiger partial charge < -0.3 is 10.2 Å². The SMILES string of the molecule is Cc1cc(NC(=O)C23CCC(=O)N2c2ccccc2C(=O)N3C)ccc1Br. The van der Waals surface area contributed by atoms with Crippen molar-refractivity contribution in [2.24, 2.45) is 0 Å². The second-order valence-corrected chi connectivity index (χ2v) is 7.70. The molecule has 1 saturated heterocycles. The fourth-order valence-corrected chi connectivity index (χ4v) is 4.13. The maximum atomic E-state index is 13.4. The third kappa shape index (κ3) is 2.49. The number of nitrogens with one attached hydrogen (secondary N) is 1. The van der Waals surface area contributed by atoms with Crippen molar-refractivity contribution in [1.82, 2.24) is 4.90 Å². The number of rotatable bonds is 2. The molecule has 6 nitrogen and oxygen atoms in total. The van der Waals surface area contributed by atoms with Gasteiger partial charge in [-0.3, -0.25) is 19.3 Å². The molecular formula is C20H18BrN3O3. The summed E-state index contributed by atoms with van der Waals surface area (Å²) in [5.74, 6) is -0.817. The van der Waals surface area contributed by atoms with E-state index in [1.165, 1.54) is 9.80 Å². The van der Waals surface area contributed by atoms with Gasteiger partial charge in [0.1, 0.15) is 0 Å². The molecule has 4 rings (SSSR count). The summed E-state index contributed by atoms with van der Waals surface area (Å²) in [5, 5.41) is 2.90. The smallest absolute Gasteiger partial charge is 0.271 e. The molecule has 0 aromatic heterocycles. The van der Waals surface area contributed by atoms with Crippen LogP contribution < -0.4 is 10.2 Å². The summed E-state index contributed by atoms with van der Waals surface area (Å²) in [4.78, 5) is 41.8. The van der Waals surface area contributed by atoms with E-state index in [1.807, 2.05) is 19.1 Å². The minimum absolute atomic E-state index is 0.163. The van der Waals surface area contributed by atoms with E-state index in [4.69, 9.17) is 0 Å². The van der Waals surface area contributed by atoms with E-state index >= 15 is 0 Å². The normalized spacial score (nSPS) is 21.1. The topological polar surface area (TPSA) is 69.7 Å². The number of hydrogen-bond acceptors (Lipinski definition) is 3. The average molecular weight is 428 g/mol. The molecule has 1 fully saturated rings. The van der Waals surface area contributed by atoms with Crippen LogP contribution in [0.25, 0.3) is 0 Å². The van der Waals surface area contributed by atoms with Crippen molar-refractivity contribution >= 4 is 45.0 Å². The van der Waals surface area contributed by atoms with Gasteiger partial charge in [0.25, 0.3) is 11.8 Å². The van der Waals surface area contributed by atoms with Crippen molar-refractivity contribution < 1.29 is 14.4 Å². The van der Waals surface area contributed by atoms with Crippen LogP contribution in [0, 0.1) is 6.92 Å². The van der Waals surface area contributed by atoms with E-state index < -0.39 is 5.66 Å². The zero-order valence-corrected chi connectivity index (χ0v) is 16.5. The number of fused-ring (bicyclic) bond motifs is 3. The Morgan fingerprint density at radius 1 is 1.19 bits per heavy atom. The van der Waals surface area contributed by atoms with Crippen molar-refractivity contribution in [3.63, 3.8) is 0 Å². The largest absolute Gasteiger partial charge is 0.322 e. The first kappa shape index (κ1) is 17.7. The standard InChI is InChI=1S/C20H18BrN3O3/c1-12-11-13(7-8-15(12)21)22-19(27)20-10-9-17(25)24(20)16-6-4-3-5-14(16)18(26)23(20)2/h3-8,11H,9-10H2,1-2H3,(H,22,27). The van der Waals surface area contributed by atoms with Gasteiger partial charge >= 0.3 is 0 Å². The molecular weight excluding hydrogens is 410 g/mol. The first-order valence-corrected chi connectivity index (χ1v) is 9.43. The predicted octanol–water partition coefficient (Wildman–Crippen LogP) is 3.30. The lowest BCUT2D eigenvalue weighted by molar-refractivity contribution is -0.128. The lowest BCUT2D eigenvalue weighted by Gasteiger charge is -2.47. The summed E-state index contributed by atoms with van der Waals surface area (Å²) in [6.45, 7) is 1.93. The van der Waals surface area contributed by atoms with Gasteiger partial charge in [0.2, 0.25) is 11.6 Å². The molecule has 1 atom stereocenters. The maximum Gasteiger partial charge on any atom is 0.271 e. The molecule has 7 heteroatoms. The van der Waals surface area contributed by atoms with Crippen molar-refractivity contribution in [2.75, 3.05) is 17.3 Å². The lowest BCUT2D eigenvalue weighted by atomic mass is 9.96. The van der Waals surface area contributed by atoms with Gasteiger partial charge in [-0.05, 0) is 42.8 Å². The van der Waals surface area contributed by atoms with Crippen molar-refractivity contribution in [3.8, 4) is 0 Å². The van der Waals surface area contributed by atoms with Gasteiger partial charge in [0.15, 0.2) is 0 Å². The molecule has 3 amide bonds. The van der Waals surface area contributed by atoms with Crippen LogP contribution in [0.2, 0.25) is 0 Å². The second kappa shape index (κ2) is 6.20. The Bertz CT molecular complexity index is 990. The number of anilines is 2. The Balaban J connectivity index is 1.79. The molecule has 2 aromatic carbocycles. The molecule has 0 saturated carbocycles. The van der Waals surface area contributed by atoms with Crippen LogP contribution in [-0.4, -0.2) is 35.3 Å². The molecule has 138 valence electrons. The molecule has 0 bridgehead atoms. The number of hydrogen-bond donors (Lipinski definition) is 1. The molecule has 2 aliphatic heterocycles. The van der Waals surface area contributed by atoms with E-state index in [1.54, 1.807) is 37.4 Å². The summed E-state index contributed by atoms with van der Waals surface area (Å²) < 4.78 is 0.940. The summed E-state index contributed by atoms with van der Waals surface area (Å²) in [5.41, 5.74) is 1.16. The number of aryl methyl sites for hydroxylation is 1. The molecule has 0 aliphatic carbocycles. The van der Waals surface area contributed by atoms with E-state index in [0.29, 0.717) is 16.9 Å². The second-order valence-electron chi connectivity index (χ2n) is 6.85. The minimum atomic E-state index is -1.36. The summed E-state index contributed by atoms with van der Waals surface area (Å²) in [6, 6.07) is 12.4. The maximum absolute atomic E-state index is 13.4. The number of para-hydroxylation sites is 1. The van der Waals surface area contributed by atoms with Gasteiger partial charge in [-0.2, -0.15) is 0 Å². The number of halogens is 1. The quantitative estimate of drug-likeness (QED) is 0.798. The zero-order chi connectivity index (χ0) is 19.3. The molecule has 1 unspecified atom stereocenters. The van der Waals surface area contributed by atoms with Crippen LogP contribution >= 0.6 is 15.9 Å². The number of carbonyl (C=O) groups is 3. The Morgan fingerprint density at radius 2 is 1.93 bits per heavy atom. The summed E-state index contributed by atoms with van der Waals surface area (Å²) in [6.07, 6.45) is 0.461. The van der Waals surface area contributed by atoms with Crippen LogP contribution in [0.15, 0.2) is 46.9 Å². The Kier molecular flexibility index (Phi) is 4.07. The third-order valence-electron chi connectivity index (χ3n) is 5.32. The Labute approximate surface area is 165 Å². The third-order valence-corrected chi connectivity index (χ3v) is 6.21. The fourth-order valence-electron chi connectivity index (χ4n) is 3.88. The van der Waals surface area contributed by atoms with E-state index in [0.717, 1.165) is 10.0 Å². The highest BCUT2D eigenvalue weighted by Gasteiger charge is 2.59. The molecule has 1 N–H and O–H groups in total. The van der Waals surface area contributed by atoms with Crippen LogP contribution in [-0.2, 0) is 9.59 Å². The average Bonchev–Trinajstić information content (AvgIpc) is 3.01. The van der Waals surface area contributed by atoms with Crippen LogP contribution in [0.5, 0.6) is 0 Å². The Morgan fingerprint density at radius 3 is 2.67 bits per heavy atom. The van der Waals surface area contributed by atoms with E-state index in [-0.39, 0.29) is 30.6 Å². The van der Waals surface area contributed by atoms with Gasteiger partial charge in [0.05, 0.1) is 11.3 Å². The Hall–Kier alpha value is -2.67.